The van der Waals surface area contributed by atoms with Gasteiger partial charge in [-0.15, -0.1) is 0 Å². The summed E-state index contributed by atoms with van der Waals surface area (Å²) in [6, 6.07) is 17.7. The lowest BCUT2D eigenvalue weighted by atomic mass is 10.1. The van der Waals surface area contributed by atoms with Gasteiger partial charge in [-0.1, -0.05) is 44.2 Å². The van der Waals surface area contributed by atoms with E-state index in [0.29, 0.717) is 10.9 Å². The number of aromatic amines is 1. The van der Waals surface area contributed by atoms with Gasteiger partial charge >= 0.3 is 0 Å². The highest BCUT2D eigenvalue weighted by atomic mass is 16.1. The molecule has 0 unspecified atom stereocenters. The van der Waals surface area contributed by atoms with Gasteiger partial charge in [-0.25, -0.2) is 4.99 Å². The van der Waals surface area contributed by atoms with Gasteiger partial charge in [0.2, 0.25) is 0 Å². The van der Waals surface area contributed by atoms with Gasteiger partial charge in [-0.05, 0) is 42.9 Å². The van der Waals surface area contributed by atoms with E-state index in [0.717, 1.165) is 36.1 Å². The molecule has 0 aliphatic heterocycles. The molecule has 0 spiro atoms. The number of fused-ring (bicyclic) bond motifs is 3. The number of amides is 1. The second kappa shape index (κ2) is 8.37. The van der Waals surface area contributed by atoms with Crippen molar-refractivity contribution in [2.45, 2.75) is 20.4 Å². The van der Waals surface area contributed by atoms with E-state index in [4.69, 9.17) is 0 Å². The normalized spacial score (nSPS) is 12.2. The molecule has 0 aliphatic carbocycles. The van der Waals surface area contributed by atoms with Crippen LogP contribution in [0.15, 0.2) is 72.0 Å². The maximum atomic E-state index is 12.4. The largest absolute Gasteiger partial charge is 0.354 e. The van der Waals surface area contributed by atoms with Crippen LogP contribution < -0.4 is 5.36 Å². The Morgan fingerprint density at radius 3 is 2.59 bits per heavy atom. The van der Waals surface area contributed by atoms with Gasteiger partial charge in [0.25, 0.3) is 5.91 Å². The number of rotatable bonds is 5. The van der Waals surface area contributed by atoms with E-state index in [9.17, 15) is 4.79 Å². The Bertz CT molecular complexity index is 1220. The van der Waals surface area contributed by atoms with Crippen LogP contribution in [0.5, 0.6) is 0 Å². The van der Waals surface area contributed by atoms with Gasteiger partial charge < -0.3 is 4.98 Å². The third-order valence-corrected chi connectivity index (χ3v) is 5.24. The maximum Gasteiger partial charge on any atom is 0.279 e. The van der Waals surface area contributed by atoms with Crippen molar-refractivity contribution in [2.75, 3.05) is 13.1 Å². The Morgan fingerprint density at radius 1 is 1.03 bits per heavy atom. The molecule has 0 saturated heterocycles. The molecule has 4 rings (SSSR count). The van der Waals surface area contributed by atoms with Crippen molar-refractivity contribution in [1.29, 1.82) is 0 Å². The van der Waals surface area contributed by atoms with Crippen LogP contribution in [0.2, 0.25) is 0 Å². The zero-order valence-electron chi connectivity index (χ0n) is 16.7. The molecule has 29 heavy (non-hydrogen) atoms. The van der Waals surface area contributed by atoms with Crippen LogP contribution >= 0.6 is 0 Å². The lowest BCUT2D eigenvalue weighted by molar-refractivity contribution is 0.0998. The number of H-pyrrole nitrogens is 1. The van der Waals surface area contributed by atoms with E-state index in [-0.39, 0.29) is 5.91 Å². The predicted molar refractivity (Wildman–Crippen MR) is 117 cm³/mol. The minimum atomic E-state index is -0.296. The average molecular weight is 384 g/mol. The van der Waals surface area contributed by atoms with Crippen molar-refractivity contribution >= 4 is 27.7 Å². The Labute approximate surface area is 169 Å². The van der Waals surface area contributed by atoms with Crippen LogP contribution in [0.1, 0.15) is 29.8 Å². The molecule has 146 valence electrons. The molecule has 5 nitrogen and oxygen atoms in total. The van der Waals surface area contributed by atoms with Crippen LogP contribution in [-0.4, -0.2) is 33.9 Å². The maximum absolute atomic E-state index is 12.4. The smallest absolute Gasteiger partial charge is 0.279 e. The quantitative estimate of drug-likeness (QED) is 0.558. The summed E-state index contributed by atoms with van der Waals surface area (Å²) in [7, 11) is 0. The summed E-state index contributed by atoms with van der Waals surface area (Å²) in [6.45, 7) is 7.30. The molecule has 2 aromatic carbocycles. The highest BCUT2D eigenvalue weighted by Crippen LogP contribution is 2.27. The fourth-order valence-electron chi connectivity index (χ4n) is 3.61. The van der Waals surface area contributed by atoms with E-state index >= 15 is 0 Å². The van der Waals surface area contributed by atoms with Crippen molar-refractivity contribution in [3.8, 4) is 0 Å². The van der Waals surface area contributed by atoms with Gasteiger partial charge in [0, 0.05) is 35.2 Å². The van der Waals surface area contributed by atoms with Gasteiger partial charge in [0.15, 0.2) is 0 Å². The second-order valence-electron chi connectivity index (χ2n) is 7.01. The van der Waals surface area contributed by atoms with Gasteiger partial charge in [0.1, 0.15) is 0 Å². The fraction of sp³-hybridized carbons (Fsp3) is 0.208. The number of hydrogen-bond acceptors (Lipinski definition) is 3. The first-order valence-corrected chi connectivity index (χ1v) is 9.94. The molecule has 1 N–H and O–H groups in total. The van der Waals surface area contributed by atoms with E-state index in [1.54, 1.807) is 18.3 Å². The first-order valence-electron chi connectivity index (χ1n) is 9.94. The molecular formula is C24H24N4O. The molecule has 1 amide bonds. The number of para-hydroxylation sites is 1. The molecule has 2 heterocycles. The number of pyridine rings is 1. The van der Waals surface area contributed by atoms with Crippen molar-refractivity contribution in [3.05, 3.63) is 83.5 Å². The Hall–Kier alpha value is -3.31. The van der Waals surface area contributed by atoms with Crippen LogP contribution in [0.3, 0.4) is 0 Å². The monoisotopic (exact) mass is 384 g/mol. The lowest BCUT2D eigenvalue weighted by Crippen LogP contribution is -2.22. The summed E-state index contributed by atoms with van der Waals surface area (Å²) in [4.78, 5) is 26.7. The van der Waals surface area contributed by atoms with E-state index < -0.39 is 0 Å². The fourth-order valence-corrected chi connectivity index (χ4v) is 3.61. The summed E-state index contributed by atoms with van der Waals surface area (Å²) < 4.78 is 0. The van der Waals surface area contributed by atoms with Crippen LogP contribution in [0.4, 0.5) is 0 Å². The van der Waals surface area contributed by atoms with Crippen LogP contribution in [-0.2, 0) is 6.54 Å². The van der Waals surface area contributed by atoms with Gasteiger partial charge in [-0.2, -0.15) is 0 Å². The first-order chi connectivity index (χ1) is 14.2. The molecule has 0 radical (unpaired) electrons. The zero-order chi connectivity index (χ0) is 20.2. The van der Waals surface area contributed by atoms with Crippen molar-refractivity contribution < 1.29 is 4.79 Å². The Balaban J connectivity index is 1.82. The highest BCUT2D eigenvalue weighted by molar-refractivity contribution is 6.08. The van der Waals surface area contributed by atoms with Crippen molar-refractivity contribution in [2.24, 2.45) is 4.99 Å². The summed E-state index contributed by atoms with van der Waals surface area (Å²) in [6.07, 6.45) is 3.18. The van der Waals surface area contributed by atoms with Crippen molar-refractivity contribution in [3.63, 3.8) is 0 Å². The predicted octanol–water partition coefficient (Wildman–Crippen LogP) is 4.30. The lowest BCUT2D eigenvalue weighted by Gasteiger charge is -2.18. The molecule has 0 saturated carbocycles. The molecule has 5 heteroatoms. The number of nitrogens with zero attached hydrogens (tertiary/aromatic N) is 3. The number of carbonyl (C=O) groups excluding carboxylic acids is 1. The van der Waals surface area contributed by atoms with Gasteiger partial charge in [0.05, 0.1) is 16.4 Å². The number of carbonyl (C=O) groups is 1. The summed E-state index contributed by atoms with van der Waals surface area (Å²) in [5.74, 6) is -0.296. The number of aromatic nitrogens is 2. The summed E-state index contributed by atoms with van der Waals surface area (Å²) in [5.41, 5.74) is 3.86. The minimum absolute atomic E-state index is 0.296. The number of hydrogen-bond donors (Lipinski definition) is 1. The van der Waals surface area contributed by atoms with E-state index in [1.165, 1.54) is 17.1 Å². The molecular weight excluding hydrogens is 360 g/mol. The SMILES string of the molecule is CCN(CC)Cc1cccc2c1[nH]c1cc(=NC(=O)c3cccnc3)cccc12. The van der Waals surface area contributed by atoms with E-state index in [2.05, 4.69) is 58.0 Å². The Kier molecular flexibility index (Phi) is 5.49. The minimum Gasteiger partial charge on any atom is -0.354 e. The van der Waals surface area contributed by atoms with E-state index in [1.807, 2.05) is 18.2 Å². The van der Waals surface area contributed by atoms with Crippen LogP contribution in [0, 0.1) is 0 Å². The molecule has 0 aliphatic rings. The van der Waals surface area contributed by atoms with Crippen molar-refractivity contribution in [1.82, 2.24) is 14.9 Å². The molecule has 0 atom stereocenters. The molecule has 2 aromatic heterocycles. The number of benzene rings is 1. The first kappa shape index (κ1) is 19.0. The van der Waals surface area contributed by atoms with Crippen LogP contribution in [0.25, 0.3) is 21.8 Å². The third-order valence-electron chi connectivity index (χ3n) is 5.24. The number of nitrogens with one attached hydrogen (secondary N) is 1. The second-order valence-corrected chi connectivity index (χ2v) is 7.01. The summed E-state index contributed by atoms with van der Waals surface area (Å²) in [5, 5.41) is 2.92. The standard InChI is InChI=1S/C24H24N4O/c1-3-28(4-2)16-18-8-5-12-21-20-11-6-10-19(14-22(20)27-23(18)21)26-24(29)17-9-7-13-25-15-17/h5-15,27H,3-4,16H2,1-2H3. The summed E-state index contributed by atoms with van der Waals surface area (Å²) >= 11 is 0. The molecule has 0 bridgehead atoms. The third kappa shape index (κ3) is 3.96. The Morgan fingerprint density at radius 2 is 1.83 bits per heavy atom. The topological polar surface area (TPSA) is 61.4 Å². The molecule has 0 fully saturated rings. The highest BCUT2D eigenvalue weighted by Gasteiger charge is 2.10. The zero-order valence-corrected chi connectivity index (χ0v) is 16.7. The molecule has 4 aromatic rings. The van der Waals surface area contributed by atoms with Gasteiger partial charge in [-0.3, -0.25) is 14.7 Å². The average Bonchev–Trinajstić information content (AvgIpc) is 2.98.